The average Bonchev–Trinajstić information content (AvgIpc) is 2.77. The highest BCUT2D eigenvalue weighted by Gasteiger charge is 2.40. The Hall–Kier alpha value is -1.98. The second kappa shape index (κ2) is 5.79. The third-order valence-corrected chi connectivity index (χ3v) is 4.19. The fourth-order valence-electron chi connectivity index (χ4n) is 2.01. The molecule has 1 fully saturated rings. The first-order chi connectivity index (χ1) is 10.1. The number of hydrogen-bond donors (Lipinski definition) is 1. The number of hydrogen-bond acceptors (Lipinski definition) is 4. The first-order valence-corrected chi connectivity index (χ1v) is 7.52. The van der Waals surface area contributed by atoms with Crippen molar-refractivity contribution in [3.8, 4) is 0 Å². The van der Waals surface area contributed by atoms with Gasteiger partial charge in [0.1, 0.15) is 0 Å². The van der Waals surface area contributed by atoms with Crippen LogP contribution in [0.15, 0.2) is 54.6 Å². The number of benzene rings is 2. The lowest BCUT2D eigenvalue weighted by molar-refractivity contribution is -0.116. The lowest BCUT2D eigenvalue weighted by Gasteiger charge is -2.14. The highest BCUT2D eigenvalue weighted by Crippen LogP contribution is 2.32. The van der Waals surface area contributed by atoms with Crippen LogP contribution in [0.2, 0.25) is 5.02 Å². The summed E-state index contributed by atoms with van der Waals surface area (Å²) in [4.78, 5) is 25.6. The second-order valence-corrected chi connectivity index (χ2v) is 5.92. The van der Waals surface area contributed by atoms with Crippen LogP contribution in [0.1, 0.15) is 0 Å². The van der Waals surface area contributed by atoms with Crippen LogP contribution < -0.4 is 10.2 Å². The maximum Gasteiger partial charge on any atom is 0.295 e. The first kappa shape index (κ1) is 14.0. The molecule has 1 atom stereocenters. The standard InChI is InChI=1S/C15H11ClN2O2S/c16-10-6-8-11(9-7-10)17-13-14(19)18(15(20)21-13)12-4-2-1-3-5-12/h1-9,13,17H. The number of thioether (sulfide) groups is 1. The topological polar surface area (TPSA) is 49.4 Å². The molecular weight excluding hydrogens is 308 g/mol. The fraction of sp³-hybridized carbons (Fsp3) is 0.0667. The molecule has 1 aliphatic rings. The van der Waals surface area contributed by atoms with E-state index in [0.717, 1.165) is 17.4 Å². The molecule has 0 aromatic heterocycles. The number of imide groups is 1. The minimum absolute atomic E-state index is 0.272. The van der Waals surface area contributed by atoms with Crippen LogP contribution >= 0.6 is 23.4 Å². The summed E-state index contributed by atoms with van der Waals surface area (Å²) in [5, 5.41) is 2.75. The third kappa shape index (κ3) is 2.89. The van der Waals surface area contributed by atoms with Gasteiger partial charge in [-0.1, -0.05) is 29.8 Å². The molecule has 21 heavy (non-hydrogen) atoms. The molecule has 0 aliphatic carbocycles. The molecule has 1 unspecified atom stereocenters. The Balaban J connectivity index is 1.79. The largest absolute Gasteiger partial charge is 0.365 e. The normalized spacial score (nSPS) is 18.1. The van der Waals surface area contributed by atoms with Gasteiger partial charge >= 0.3 is 0 Å². The summed E-state index contributed by atoms with van der Waals surface area (Å²) in [6.07, 6.45) is 0. The number of halogens is 1. The fourth-order valence-corrected chi connectivity index (χ4v) is 3.04. The van der Waals surface area contributed by atoms with Crippen LogP contribution in [0.5, 0.6) is 0 Å². The van der Waals surface area contributed by atoms with Crippen molar-refractivity contribution in [2.45, 2.75) is 5.37 Å². The number of amides is 2. The Bertz CT molecular complexity index is 676. The molecule has 1 saturated heterocycles. The Kier molecular flexibility index (Phi) is 3.86. The lowest BCUT2D eigenvalue weighted by Crippen LogP contribution is -2.34. The molecule has 2 aromatic carbocycles. The van der Waals surface area contributed by atoms with Gasteiger partial charge in [-0.25, -0.2) is 4.90 Å². The van der Waals surface area contributed by atoms with Gasteiger partial charge in [-0.15, -0.1) is 0 Å². The quantitative estimate of drug-likeness (QED) is 0.930. The zero-order valence-electron chi connectivity index (χ0n) is 10.8. The van der Waals surface area contributed by atoms with Gasteiger partial charge in [0, 0.05) is 10.7 Å². The number of rotatable bonds is 3. The summed E-state index contributed by atoms with van der Waals surface area (Å²) in [6, 6.07) is 15.9. The van der Waals surface area contributed by atoms with E-state index in [2.05, 4.69) is 5.32 Å². The van der Waals surface area contributed by atoms with Crippen molar-refractivity contribution in [1.82, 2.24) is 0 Å². The van der Waals surface area contributed by atoms with E-state index >= 15 is 0 Å². The van der Waals surface area contributed by atoms with Gasteiger partial charge in [0.05, 0.1) is 5.69 Å². The zero-order valence-corrected chi connectivity index (χ0v) is 12.4. The van der Waals surface area contributed by atoms with Crippen molar-refractivity contribution in [3.05, 3.63) is 59.6 Å². The van der Waals surface area contributed by atoms with Gasteiger partial charge in [0.15, 0.2) is 5.37 Å². The monoisotopic (exact) mass is 318 g/mol. The molecule has 1 heterocycles. The molecule has 0 bridgehead atoms. The number of nitrogens with one attached hydrogen (secondary N) is 1. The van der Waals surface area contributed by atoms with E-state index in [1.165, 1.54) is 4.90 Å². The van der Waals surface area contributed by atoms with Crippen LogP contribution in [0, 0.1) is 0 Å². The van der Waals surface area contributed by atoms with E-state index in [4.69, 9.17) is 11.6 Å². The number of carbonyl (C=O) groups excluding carboxylic acids is 2. The SMILES string of the molecule is O=C1SC(Nc2ccc(Cl)cc2)C(=O)N1c1ccccc1. The average molecular weight is 319 g/mol. The smallest absolute Gasteiger partial charge is 0.295 e. The third-order valence-electron chi connectivity index (χ3n) is 3.00. The van der Waals surface area contributed by atoms with Crippen molar-refractivity contribution in [3.63, 3.8) is 0 Å². The predicted molar refractivity (Wildman–Crippen MR) is 85.8 cm³/mol. The molecule has 3 rings (SSSR count). The molecule has 1 aliphatic heterocycles. The van der Waals surface area contributed by atoms with Crippen molar-refractivity contribution in [2.24, 2.45) is 0 Å². The van der Waals surface area contributed by atoms with Crippen LogP contribution in [0.25, 0.3) is 0 Å². The Labute approximate surface area is 131 Å². The van der Waals surface area contributed by atoms with E-state index in [1.807, 2.05) is 6.07 Å². The summed E-state index contributed by atoms with van der Waals surface area (Å²) >= 11 is 6.79. The van der Waals surface area contributed by atoms with Crippen molar-refractivity contribution in [1.29, 1.82) is 0 Å². The van der Waals surface area contributed by atoms with Gasteiger partial charge in [0.2, 0.25) is 0 Å². The lowest BCUT2D eigenvalue weighted by atomic mass is 10.3. The predicted octanol–water partition coefficient (Wildman–Crippen LogP) is 3.98. The van der Waals surface area contributed by atoms with Crippen molar-refractivity contribution >= 4 is 45.9 Å². The van der Waals surface area contributed by atoms with E-state index in [1.54, 1.807) is 48.5 Å². The Morgan fingerprint density at radius 3 is 2.33 bits per heavy atom. The number of carbonyl (C=O) groups is 2. The molecule has 2 amide bonds. The molecule has 0 radical (unpaired) electrons. The van der Waals surface area contributed by atoms with Crippen LogP contribution in [-0.2, 0) is 4.79 Å². The first-order valence-electron chi connectivity index (χ1n) is 6.27. The summed E-state index contributed by atoms with van der Waals surface area (Å²) in [6.45, 7) is 0. The molecule has 0 saturated carbocycles. The molecule has 0 spiro atoms. The van der Waals surface area contributed by atoms with Gasteiger partial charge in [-0.3, -0.25) is 9.59 Å². The second-order valence-electron chi connectivity index (χ2n) is 4.42. The zero-order chi connectivity index (χ0) is 14.8. The van der Waals surface area contributed by atoms with Crippen LogP contribution in [-0.4, -0.2) is 16.5 Å². The summed E-state index contributed by atoms with van der Waals surface area (Å²) in [5.74, 6) is -0.272. The van der Waals surface area contributed by atoms with Gasteiger partial charge in [-0.05, 0) is 48.2 Å². The van der Waals surface area contributed by atoms with E-state index in [0.29, 0.717) is 10.7 Å². The van der Waals surface area contributed by atoms with Gasteiger partial charge in [-0.2, -0.15) is 0 Å². The van der Waals surface area contributed by atoms with Gasteiger partial charge in [0.25, 0.3) is 11.1 Å². The molecule has 4 nitrogen and oxygen atoms in total. The van der Waals surface area contributed by atoms with E-state index < -0.39 is 5.37 Å². The molecule has 1 N–H and O–H groups in total. The molecule has 6 heteroatoms. The summed E-state index contributed by atoms with van der Waals surface area (Å²) < 4.78 is 0. The minimum Gasteiger partial charge on any atom is -0.365 e. The van der Waals surface area contributed by atoms with Crippen LogP contribution in [0.4, 0.5) is 16.2 Å². The molecule has 2 aromatic rings. The number of nitrogens with zero attached hydrogens (tertiary/aromatic N) is 1. The van der Waals surface area contributed by atoms with Gasteiger partial charge < -0.3 is 5.32 Å². The van der Waals surface area contributed by atoms with Crippen LogP contribution in [0.3, 0.4) is 0 Å². The maximum atomic E-state index is 12.4. The number of anilines is 2. The molecule has 106 valence electrons. The minimum atomic E-state index is -0.626. The van der Waals surface area contributed by atoms with E-state index in [9.17, 15) is 9.59 Å². The summed E-state index contributed by atoms with van der Waals surface area (Å²) in [5.41, 5.74) is 1.33. The molecular formula is C15H11ClN2O2S. The maximum absolute atomic E-state index is 12.4. The van der Waals surface area contributed by atoms with E-state index in [-0.39, 0.29) is 11.1 Å². The Morgan fingerprint density at radius 1 is 1.00 bits per heavy atom. The Morgan fingerprint density at radius 2 is 1.67 bits per heavy atom. The van der Waals surface area contributed by atoms with Crippen molar-refractivity contribution in [2.75, 3.05) is 10.2 Å². The number of para-hydroxylation sites is 1. The highest BCUT2D eigenvalue weighted by molar-refractivity contribution is 8.16. The summed E-state index contributed by atoms with van der Waals surface area (Å²) in [7, 11) is 0. The highest BCUT2D eigenvalue weighted by atomic mass is 35.5. The van der Waals surface area contributed by atoms with Crippen molar-refractivity contribution < 1.29 is 9.59 Å².